The number of benzene rings is 1. The Morgan fingerprint density at radius 1 is 1.50 bits per heavy atom. The molecule has 1 atom stereocenters. The standard InChI is InChI=1S/C11H13F2NO2/c1-7(6-15)14(2)11(16)9-5-8(12)3-4-10(9)13/h3-5,7,15H,6H2,1-2H3. The quantitative estimate of drug-likeness (QED) is 0.851. The molecule has 1 rings (SSSR count). The summed E-state index contributed by atoms with van der Waals surface area (Å²) in [5.74, 6) is -2.10. The van der Waals surface area contributed by atoms with Crippen molar-refractivity contribution in [3.8, 4) is 0 Å². The molecule has 1 N–H and O–H groups in total. The third kappa shape index (κ3) is 2.55. The zero-order valence-corrected chi connectivity index (χ0v) is 9.08. The fourth-order valence-electron chi connectivity index (χ4n) is 1.17. The highest BCUT2D eigenvalue weighted by molar-refractivity contribution is 5.94. The molecular formula is C11H13F2NO2. The smallest absolute Gasteiger partial charge is 0.256 e. The van der Waals surface area contributed by atoms with Crippen LogP contribution in [0, 0.1) is 11.6 Å². The summed E-state index contributed by atoms with van der Waals surface area (Å²) in [5.41, 5.74) is -0.331. The van der Waals surface area contributed by atoms with Gasteiger partial charge in [0.05, 0.1) is 18.2 Å². The minimum absolute atomic E-state index is 0.237. The van der Waals surface area contributed by atoms with Crippen molar-refractivity contribution < 1.29 is 18.7 Å². The summed E-state index contributed by atoms with van der Waals surface area (Å²) in [4.78, 5) is 12.9. The van der Waals surface area contributed by atoms with Crippen LogP contribution in [-0.4, -0.2) is 35.6 Å². The van der Waals surface area contributed by atoms with Crippen molar-refractivity contribution in [3.05, 3.63) is 35.4 Å². The molecule has 0 radical (unpaired) electrons. The molecule has 0 aliphatic heterocycles. The third-order valence-corrected chi connectivity index (χ3v) is 2.40. The minimum atomic E-state index is -0.775. The van der Waals surface area contributed by atoms with Gasteiger partial charge in [-0.15, -0.1) is 0 Å². The average molecular weight is 229 g/mol. The van der Waals surface area contributed by atoms with Crippen molar-refractivity contribution in [3.63, 3.8) is 0 Å². The second-order valence-electron chi connectivity index (χ2n) is 3.57. The first-order valence-electron chi connectivity index (χ1n) is 4.80. The van der Waals surface area contributed by atoms with Gasteiger partial charge in [0.15, 0.2) is 0 Å². The summed E-state index contributed by atoms with van der Waals surface area (Å²) < 4.78 is 26.1. The largest absolute Gasteiger partial charge is 0.394 e. The Kier molecular flexibility index (Phi) is 3.95. The monoisotopic (exact) mass is 229 g/mol. The zero-order chi connectivity index (χ0) is 12.3. The fraction of sp³-hybridized carbons (Fsp3) is 0.364. The van der Waals surface area contributed by atoms with E-state index in [0.29, 0.717) is 0 Å². The normalized spacial score (nSPS) is 12.3. The summed E-state index contributed by atoms with van der Waals surface area (Å²) in [5, 5.41) is 8.86. The molecule has 1 aromatic rings. The zero-order valence-electron chi connectivity index (χ0n) is 9.08. The first-order chi connectivity index (χ1) is 7.47. The van der Waals surface area contributed by atoms with E-state index in [1.54, 1.807) is 6.92 Å². The molecule has 0 aromatic heterocycles. The molecule has 1 aromatic carbocycles. The van der Waals surface area contributed by atoms with Crippen LogP contribution >= 0.6 is 0 Å². The summed E-state index contributed by atoms with van der Waals surface area (Å²) in [6, 6.07) is 2.25. The van der Waals surface area contributed by atoms with E-state index in [4.69, 9.17) is 5.11 Å². The molecule has 88 valence electrons. The highest BCUT2D eigenvalue weighted by Crippen LogP contribution is 2.13. The summed E-state index contributed by atoms with van der Waals surface area (Å²) >= 11 is 0. The van der Waals surface area contributed by atoms with Gasteiger partial charge in [0.25, 0.3) is 5.91 Å². The van der Waals surface area contributed by atoms with E-state index in [1.165, 1.54) is 7.05 Å². The van der Waals surface area contributed by atoms with Crippen LogP contribution in [0.2, 0.25) is 0 Å². The summed E-state index contributed by atoms with van der Waals surface area (Å²) in [7, 11) is 1.42. The Bertz CT molecular complexity index is 396. The average Bonchev–Trinajstić information content (AvgIpc) is 2.29. The van der Waals surface area contributed by atoms with Crippen molar-refractivity contribution in [1.82, 2.24) is 4.90 Å². The SMILES string of the molecule is CC(CO)N(C)C(=O)c1cc(F)ccc1F. The highest BCUT2D eigenvalue weighted by atomic mass is 19.1. The predicted molar refractivity (Wildman–Crippen MR) is 55.0 cm³/mol. The Labute approximate surface area is 92.3 Å². The first-order valence-corrected chi connectivity index (χ1v) is 4.80. The number of halogens is 2. The Morgan fingerprint density at radius 2 is 2.12 bits per heavy atom. The Morgan fingerprint density at radius 3 is 2.69 bits per heavy atom. The van der Waals surface area contributed by atoms with Crippen molar-refractivity contribution in [2.24, 2.45) is 0 Å². The molecule has 0 spiro atoms. The van der Waals surface area contributed by atoms with E-state index in [1.807, 2.05) is 0 Å². The van der Waals surface area contributed by atoms with Gasteiger partial charge < -0.3 is 10.0 Å². The number of hydrogen-bond acceptors (Lipinski definition) is 2. The van der Waals surface area contributed by atoms with Crippen LogP contribution in [0.15, 0.2) is 18.2 Å². The second-order valence-corrected chi connectivity index (χ2v) is 3.57. The van der Waals surface area contributed by atoms with Gasteiger partial charge in [-0.1, -0.05) is 0 Å². The molecule has 0 saturated carbocycles. The van der Waals surface area contributed by atoms with Crippen LogP contribution in [0.25, 0.3) is 0 Å². The maximum atomic E-state index is 13.3. The lowest BCUT2D eigenvalue weighted by molar-refractivity contribution is 0.0677. The molecule has 0 heterocycles. The number of aliphatic hydroxyl groups is 1. The van der Waals surface area contributed by atoms with Crippen LogP contribution in [0.3, 0.4) is 0 Å². The van der Waals surface area contributed by atoms with Gasteiger partial charge in [-0.3, -0.25) is 4.79 Å². The van der Waals surface area contributed by atoms with E-state index in [2.05, 4.69) is 0 Å². The van der Waals surface area contributed by atoms with Crippen molar-refractivity contribution in [1.29, 1.82) is 0 Å². The van der Waals surface area contributed by atoms with E-state index in [0.717, 1.165) is 23.1 Å². The molecule has 0 bridgehead atoms. The number of carbonyl (C=O) groups is 1. The molecule has 1 amide bonds. The van der Waals surface area contributed by atoms with Crippen LogP contribution in [0.4, 0.5) is 8.78 Å². The van der Waals surface area contributed by atoms with Crippen molar-refractivity contribution in [2.75, 3.05) is 13.7 Å². The Hall–Kier alpha value is -1.49. The minimum Gasteiger partial charge on any atom is -0.394 e. The number of aliphatic hydroxyl groups excluding tert-OH is 1. The molecule has 0 aliphatic carbocycles. The molecule has 0 aliphatic rings. The number of amides is 1. The predicted octanol–water partition coefficient (Wildman–Crippen LogP) is 1.42. The van der Waals surface area contributed by atoms with Gasteiger partial charge in [-0.2, -0.15) is 0 Å². The second kappa shape index (κ2) is 5.03. The molecule has 16 heavy (non-hydrogen) atoms. The fourth-order valence-corrected chi connectivity index (χ4v) is 1.17. The third-order valence-electron chi connectivity index (χ3n) is 2.40. The first kappa shape index (κ1) is 12.6. The van der Waals surface area contributed by atoms with E-state index < -0.39 is 23.6 Å². The maximum Gasteiger partial charge on any atom is 0.256 e. The van der Waals surface area contributed by atoms with Crippen molar-refractivity contribution in [2.45, 2.75) is 13.0 Å². The molecule has 0 fully saturated rings. The molecular weight excluding hydrogens is 216 g/mol. The number of nitrogens with zero attached hydrogens (tertiary/aromatic N) is 1. The number of rotatable bonds is 3. The number of hydrogen-bond donors (Lipinski definition) is 1. The Balaban J connectivity index is 3.00. The van der Waals surface area contributed by atoms with E-state index >= 15 is 0 Å². The number of likely N-dealkylation sites (N-methyl/N-ethyl adjacent to an activating group) is 1. The van der Waals surface area contributed by atoms with E-state index in [-0.39, 0.29) is 12.2 Å². The topological polar surface area (TPSA) is 40.5 Å². The molecule has 1 unspecified atom stereocenters. The van der Waals surface area contributed by atoms with Gasteiger partial charge >= 0.3 is 0 Å². The summed E-state index contributed by atoms with van der Waals surface area (Å²) in [6.45, 7) is 1.37. The van der Waals surface area contributed by atoms with Crippen molar-refractivity contribution >= 4 is 5.91 Å². The number of carbonyl (C=O) groups excluding carboxylic acids is 1. The van der Waals surface area contributed by atoms with E-state index in [9.17, 15) is 13.6 Å². The highest BCUT2D eigenvalue weighted by Gasteiger charge is 2.20. The lowest BCUT2D eigenvalue weighted by Gasteiger charge is -2.23. The van der Waals surface area contributed by atoms with Gasteiger partial charge in [0, 0.05) is 7.05 Å². The molecule has 3 nitrogen and oxygen atoms in total. The lowest BCUT2D eigenvalue weighted by Crippen LogP contribution is -2.37. The summed E-state index contributed by atoms with van der Waals surface area (Å²) in [6.07, 6.45) is 0. The molecule has 5 heteroatoms. The van der Waals surface area contributed by atoms with Crippen LogP contribution in [0.5, 0.6) is 0 Å². The molecule has 0 saturated heterocycles. The van der Waals surface area contributed by atoms with Crippen LogP contribution in [0.1, 0.15) is 17.3 Å². The van der Waals surface area contributed by atoms with Crippen LogP contribution in [-0.2, 0) is 0 Å². The van der Waals surface area contributed by atoms with Crippen LogP contribution < -0.4 is 0 Å². The van der Waals surface area contributed by atoms with Gasteiger partial charge in [-0.25, -0.2) is 8.78 Å². The van der Waals surface area contributed by atoms with Gasteiger partial charge in [0.1, 0.15) is 11.6 Å². The van der Waals surface area contributed by atoms with Gasteiger partial charge in [0.2, 0.25) is 0 Å². The maximum absolute atomic E-state index is 13.3. The lowest BCUT2D eigenvalue weighted by atomic mass is 10.1. The van der Waals surface area contributed by atoms with Gasteiger partial charge in [-0.05, 0) is 25.1 Å².